The molecule has 0 heterocycles. The third-order valence-corrected chi connectivity index (χ3v) is 1.61. The summed E-state index contributed by atoms with van der Waals surface area (Å²) in [5, 5.41) is 8.35. The molecule has 13 heavy (non-hydrogen) atoms. The van der Waals surface area contributed by atoms with Crippen molar-refractivity contribution in [2.45, 2.75) is 12.5 Å². The Bertz CT molecular complexity index is 291. The Balaban J connectivity index is 0.00000144. The van der Waals surface area contributed by atoms with E-state index in [0.717, 1.165) is 5.56 Å². The van der Waals surface area contributed by atoms with Crippen molar-refractivity contribution in [1.29, 1.82) is 5.26 Å². The van der Waals surface area contributed by atoms with Crippen LogP contribution in [-0.4, -0.2) is 0 Å². The van der Waals surface area contributed by atoms with Gasteiger partial charge in [-0.2, -0.15) is 5.26 Å². The molecule has 0 saturated heterocycles. The lowest BCUT2D eigenvalue weighted by Crippen LogP contribution is -2.08. The van der Waals surface area contributed by atoms with E-state index in [0.29, 0.717) is 0 Å². The molecule has 2 N–H and O–H groups in total. The number of hydrogen-bond donors (Lipinski definition) is 1. The summed E-state index contributed by atoms with van der Waals surface area (Å²) in [7, 11) is 0. The Morgan fingerprint density at radius 2 is 1.92 bits per heavy atom. The molecule has 0 fully saturated rings. The smallest absolute Gasteiger partial charge is 0.123 e. The SMILES string of the molecule is Cl.N#CC[C@@H](N)c1ccc(F)cc1. The maximum atomic E-state index is 12.4. The molecular weight excluding hydrogens is 191 g/mol. The summed E-state index contributed by atoms with van der Waals surface area (Å²) >= 11 is 0. The standard InChI is InChI=1S/C9H9FN2.ClH/c10-8-3-1-7(2-4-8)9(12)5-6-11;/h1-4,9H,5,12H2;1H/t9-;/m1./s1. The minimum Gasteiger partial charge on any atom is -0.323 e. The van der Waals surface area contributed by atoms with Crippen molar-refractivity contribution in [2.75, 3.05) is 0 Å². The molecule has 0 radical (unpaired) electrons. The van der Waals surface area contributed by atoms with Gasteiger partial charge in [0.05, 0.1) is 12.5 Å². The third-order valence-electron chi connectivity index (χ3n) is 1.61. The molecule has 0 aliphatic rings. The summed E-state index contributed by atoms with van der Waals surface area (Å²) in [6.45, 7) is 0. The van der Waals surface area contributed by atoms with Gasteiger partial charge >= 0.3 is 0 Å². The van der Waals surface area contributed by atoms with E-state index in [-0.39, 0.29) is 30.7 Å². The van der Waals surface area contributed by atoms with Crippen molar-refractivity contribution in [3.05, 3.63) is 35.6 Å². The number of hydrogen-bond acceptors (Lipinski definition) is 2. The van der Waals surface area contributed by atoms with Gasteiger partial charge in [0.2, 0.25) is 0 Å². The van der Waals surface area contributed by atoms with Gasteiger partial charge in [-0.3, -0.25) is 0 Å². The average molecular weight is 201 g/mol. The Hall–Kier alpha value is -1.11. The first kappa shape index (κ1) is 11.9. The van der Waals surface area contributed by atoms with Crippen LogP contribution in [0.15, 0.2) is 24.3 Å². The Morgan fingerprint density at radius 1 is 1.38 bits per heavy atom. The molecular formula is C9H10ClFN2. The quantitative estimate of drug-likeness (QED) is 0.796. The van der Waals surface area contributed by atoms with E-state index in [4.69, 9.17) is 11.0 Å². The van der Waals surface area contributed by atoms with Gasteiger partial charge < -0.3 is 5.73 Å². The van der Waals surface area contributed by atoms with Crippen LogP contribution in [0.1, 0.15) is 18.0 Å². The van der Waals surface area contributed by atoms with E-state index >= 15 is 0 Å². The molecule has 0 saturated carbocycles. The summed E-state index contributed by atoms with van der Waals surface area (Å²) in [5.74, 6) is -0.289. The van der Waals surface area contributed by atoms with E-state index in [2.05, 4.69) is 0 Å². The number of halogens is 2. The fourth-order valence-electron chi connectivity index (χ4n) is 0.926. The highest BCUT2D eigenvalue weighted by Gasteiger charge is 2.03. The zero-order valence-electron chi connectivity index (χ0n) is 6.90. The maximum Gasteiger partial charge on any atom is 0.123 e. The van der Waals surface area contributed by atoms with Crippen molar-refractivity contribution < 1.29 is 4.39 Å². The predicted molar refractivity (Wildman–Crippen MR) is 50.8 cm³/mol. The highest BCUT2D eigenvalue weighted by Crippen LogP contribution is 2.13. The Kier molecular flexibility index (Phi) is 5.05. The summed E-state index contributed by atoms with van der Waals surface area (Å²) in [6.07, 6.45) is 0.256. The highest BCUT2D eigenvalue weighted by atomic mass is 35.5. The van der Waals surface area contributed by atoms with Crippen molar-refractivity contribution in [2.24, 2.45) is 5.73 Å². The van der Waals surface area contributed by atoms with Crippen molar-refractivity contribution in [1.82, 2.24) is 0 Å². The fourth-order valence-corrected chi connectivity index (χ4v) is 0.926. The van der Waals surface area contributed by atoms with E-state index in [1.54, 1.807) is 12.1 Å². The number of nitriles is 1. The van der Waals surface area contributed by atoms with Crippen molar-refractivity contribution in [3.8, 4) is 6.07 Å². The van der Waals surface area contributed by atoms with E-state index in [1.807, 2.05) is 6.07 Å². The number of nitrogens with two attached hydrogens (primary N) is 1. The fraction of sp³-hybridized carbons (Fsp3) is 0.222. The van der Waals surface area contributed by atoms with Gasteiger partial charge in [0.15, 0.2) is 0 Å². The van der Waals surface area contributed by atoms with Crippen LogP contribution in [-0.2, 0) is 0 Å². The molecule has 0 amide bonds. The number of benzene rings is 1. The minimum atomic E-state index is -0.310. The van der Waals surface area contributed by atoms with Gasteiger partial charge in [-0.15, -0.1) is 12.4 Å². The second-order valence-corrected chi connectivity index (χ2v) is 2.52. The van der Waals surface area contributed by atoms with E-state index in [1.165, 1.54) is 12.1 Å². The molecule has 0 aliphatic carbocycles. The lowest BCUT2D eigenvalue weighted by molar-refractivity contribution is 0.625. The highest BCUT2D eigenvalue weighted by molar-refractivity contribution is 5.85. The van der Waals surface area contributed by atoms with Crippen LogP contribution < -0.4 is 5.73 Å². The first-order valence-corrected chi connectivity index (χ1v) is 3.62. The van der Waals surface area contributed by atoms with Crippen molar-refractivity contribution in [3.63, 3.8) is 0 Å². The maximum absolute atomic E-state index is 12.4. The van der Waals surface area contributed by atoms with Crippen LogP contribution in [0.25, 0.3) is 0 Å². The second-order valence-electron chi connectivity index (χ2n) is 2.52. The lowest BCUT2D eigenvalue weighted by atomic mass is 10.1. The van der Waals surface area contributed by atoms with Gasteiger partial charge in [0.25, 0.3) is 0 Å². The first-order chi connectivity index (χ1) is 5.74. The summed E-state index contributed by atoms with van der Waals surface area (Å²) in [6, 6.07) is 7.52. The molecule has 2 nitrogen and oxygen atoms in total. The molecule has 0 aromatic heterocycles. The van der Waals surface area contributed by atoms with Crippen LogP contribution in [0.2, 0.25) is 0 Å². The van der Waals surface area contributed by atoms with Gasteiger partial charge in [-0.05, 0) is 17.7 Å². The first-order valence-electron chi connectivity index (χ1n) is 3.62. The monoisotopic (exact) mass is 200 g/mol. The summed E-state index contributed by atoms with van der Waals surface area (Å²) in [5.41, 5.74) is 6.40. The largest absolute Gasteiger partial charge is 0.323 e. The van der Waals surface area contributed by atoms with Gasteiger partial charge in [-0.25, -0.2) is 4.39 Å². The molecule has 0 unspecified atom stereocenters. The molecule has 70 valence electrons. The van der Waals surface area contributed by atoms with Crippen LogP contribution in [0.4, 0.5) is 4.39 Å². The minimum absolute atomic E-state index is 0. The van der Waals surface area contributed by atoms with E-state index < -0.39 is 0 Å². The second kappa shape index (κ2) is 5.52. The summed E-state index contributed by atoms with van der Waals surface area (Å²) in [4.78, 5) is 0. The molecule has 0 aliphatic heterocycles. The number of rotatable bonds is 2. The van der Waals surface area contributed by atoms with Crippen LogP contribution >= 0.6 is 12.4 Å². The molecule has 1 atom stereocenters. The predicted octanol–water partition coefficient (Wildman–Crippen LogP) is 2.16. The Labute approximate surface area is 82.6 Å². The molecule has 0 bridgehead atoms. The Morgan fingerprint density at radius 3 is 2.38 bits per heavy atom. The van der Waals surface area contributed by atoms with Crippen molar-refractivity contribution >= 4 is 12.4 Å². The average Bonchev–Trinajstić information content (AvgIpc) is 2.06. The molecule has 4 heteroatoms. The molecule has 1 aromatic rings. The zero-order chi connectivity index (χ0) is 8.97. The van der Waals surface area contributed by atoms with Gasteiger partial charge in [0.1, 0.15) is 5.82 Å². The zero-order valence-corrected chi connectivity index (χ0v) is 7.72. The normalized spacial score (nSPS) is 11.2. The molecule has 0 spiro atoms. The van der Waals surface area contributed by atoms with Gasteiger partial charge in [0, 0.05) is 6.04 Å². The van der Waals surface area contributed by atoms with Crippen LogP contribution in [0.5, 0.6) is 0 Å². The van der Waals surface area contributed by atoms with Crippen LogP contribution in [0, 0.1) is 17.1 Å². The van der Waals surface area contributed by atoms with Gasteiger partial charge in [-0.1, -0.05) is 12.1 Å². The van der Waals surface area contributed by atoms with Crippen LogP contribution in [0.3, 0.4) is 0 Å². The van der Waals surface area contributed by atoms with E-state index in [9.17, 15) is 4.39 Å². The topological polar surface area (TPSA) is 49.8 Å². The summed E-state index contributed by atoms with van der Waals surface area (Å²) < 4.78 is 12.4. The lowest BCUT2D eigenvalue weighted by Gasteiger charge is -2.06. The third kappa shape index (κ3) is 3.41. The molecule has 1 rings (SSSR count). The number of nitrogens with zero attached hydrogens (tertiary/aromatic N) is 1. The molecule has 1 aromatic carbocycles.